The van der Waals surface area contributed by atoms with E-state index in [0.29, 0.717) is 0 Å². The summed E-state index contributed by atoms with van der Waals surface area (Å²) in [6.45, 7) is 8.46. The van der Waals surface area contributed by atoms with E-state index < -0.39 is 87.9 Å². The number of phosphoric acid groups is 2. The molecule has 0 aliphatic heterocycles. The van der Waals surface area contributed by atoms with E-state index in [9.17, 15) is 48.2 Å². The minimum absolute atomic E-state index is 0.813. The van der Waals surface area contributed by atoms with Crippen LogP contribution in [-0.2, 0) is 46.8 Å². The van der Waals surface area contributed by atoms with Crippen molar-refractivity contribution in [2.45, 2.75) is 78.2 Å². The standard InChI is InChI=1S/C18H32O15P2/c1-7(2)16(20)29-13-11(32-34(23,24)25)10(19)12(33-35(26,27)28)14(30-17(21)8(3)4)15(13)31-18(22)9(5)6/h7-15,19H,1-6H3,(H2,23,24,25)(H2,26,27,28)/t10-,11-,12-,13+,14-,15-/m1/s1. The van der Waals surface area contributed by atoms with Crippen LogP contribution in [0.2, 0.25) is 0 Å². The van der Waals surface area contributed by atoms with E-state index in [4.69, 9.17) is 14.2 Å². The third kappa shape index (κ3) is 9.52. The second kappa shape index (κ2) is 12.2. The van der Waals surface area contributed by atoms with Gasteiger partial charge in [-0.2, -0.15) is 0 Å². The molecule has 0 amide bonds. The molecule has 5 N–H and O–H groups in total. The van der Waals surface area contributed by atoms with Gasteiger partial charge in [-0.1, -0.05) is 41.5 Å². The summed E-state index contributed by atoms with van der Waals surface area (Å²) in [5, 5.41) is 10.8. The van der Waals surface area contributed by atoms with Crippen LogP contribution in [0.15, 0.2) is 0 Å². The molecule has 0 aromatic heterocycles. The Hall–Kier alpha value is -1.41. The van der Waals surface area contributed by atoms with E-state index in [2.05, 4.69) is 9.05 Å². The molecule has 0 aromatic carbocycles. The normalized spacial score (nSPS) is 27.7. The number of esters is 3. The van der Waals surface area contributed by atoms with Gasteiger partial charge in [0, 0.05) is 0 Å². The first-order valence-electron chi connectivity index (χ1n) is 10.5. The van der Waals surface area contributed by atoms with Gasteiger partial charge >= 0.3 is 33.6 Å². The van der Waals surface area contributed by atoms with Gasteiger partial charge in [0.15, 0.2) is 18.3 Å². The molecule has 6 atom stereocenters. The van der Waals surface area contributed by atoms with Gasteiger partial charge in [0.25, 0.3) is 0 Å². The fourth-order valence-electron chi connectivity index (χ4n) is 2.91. The van der Waals surface area contributed by atoms with E-state index in [1.54, 1.807) is 0 Å². The number of phosphoric ester groups is 2. The lowest BCUT2D eigenvalue weighted by Crippen LogP contribution is -2.67. The van der Waals surface area contributed by atoms with Crippen LogP contribution in [0.4, 0.5) is 0 Å². The molecule has 1 aliphatic rings. The first-order valence-corrected chi connectivity index (χ1v) is 13.6. The van der Waals surface area contributed by atoms with Crippen molar-refractivity contribution in [1.29, 1.82) is 0 Å². The summed E-state index contributed by atoms with van der Waals surface area (Å²) in [4.78, 5) is 74.7. The van der Waals surface area contributed by atoms with Gasteiger partial charge in [0.1, 0.15) is 18.3 Å². The zero-order valence-electron chi connectivity index (χ0n) is 19.9. The average molecular weight is 550 g/mol. The summed E-state index contributed by atoms with van der Waals surface area (Å²) >= 11 is 0. The molecule has 204 valence electrons. The molecule has 0 radical (unpaired) electrons. The highest BCUT2D eigenvalue weighted by Gasteiger charge is 2.60. The largest absolute Gasteiger partial charge is 0.470 e. The lowest BCUT2D eigenvalue weighted by molar-refractivity contribution is -0.245. The molecule has 0 unspecified atom stereocenters. The van der Waals surface area contributed by atoms with Crippen molar-refractivity contribution in [3.05, 3.63) is 0 Å². The Morgan fingerprint density at radius 2 is 0.800 bits per heavy atom. The van der Waals surface area contributed by atoms with Gasteiger partial charge < -0.3 is 38.9 Å². The van der Waals surface area contributed by atoms with Crippen LogP contribution in [0, 0.1) is 17.8 Å². The first kappa shape index (κ1) is 31.6. The molecule has 1 rings (SSSR count). The lowest BCUT2D eigenvalue weighted by atomic mass is 9.84. The molecule has 0 saturated heterocycles. The molecule has 0 heterocycles. The predicted molar refractivity (Wildman–Crippen MR) is 114 cm³/mol. The van der Waals surface area contributed by atoms with Crippen LogP contribution in [-0.4, -0.2) is 79.2 Å². The van der Waals surface area contributed by atoms with E-state index in [1.165, 1.54) is 41.5 Å². The molecule has 1 aliphatic carbocycles. The van der Waals surface area contributed by atoms with E-state index in [-0.39, 0.29) is 0 Å². The highest BCUT2D eigenvalue weighted by Crippen LogP contribution is 2.47. The number of carbonyl (C=O) groups is 3. The lowest BCUT2D eigenvalue weighted by Gasteiger charge is -2.46. The van der Waals surface area contributed by atoms with Crippen LogP contribution in [0.1, 0.15) is 41.5 Å². The Morgan fingerprint density at radius 3 is 1.00 bits per heavy atom. The Balaban J connectivity index is 3.76. The number of carbonyl (C=O) groups excluding carboxylic acids is 3. The van der Waals surface area contributed by atoms with Gasteiger partial charge in [0.2, 0.25) is 0 Å². The van der Waals surface area contributed by atoms with Crippen LogP contribution < -0.4 is 0 Å². The van der Waals surface area contributed by atoms with E-state index in [1.807, 2.05) is 0 Å². The number of aliphatic hydroxyl groups excluding tert-OH is 1. The minimum atomic E-state index is -5.45. The van der Waals surface area contributed by atoms with Gasteiger partial charge in [-0.15, -0.1) is 0 Å². The van der Waals surface area contributed by atoms with E-state index >= 15 is 0 Å². The first-order chi connectivity index (χ1) is 15.7. The smallest absolute Gasteiger partial charge is 0.455 e. The Bertz CT molecular complexity index is 802. The van der Waals surface area contributed by atoms with Crippen LogP contribution in [0.25, 0.3) is 0 Å². The molecule has 15 nitrogen and oxygen atoms in total. The summed E-state index contributed by atoms with van der Waals surface area (Å²) in [6, 6.07) is 0. The Morgan fingerprint density at radius 1 is 0.571 bits per heavy atom. The molecular formula is C18H32O15P2. The highest BCUT2D eigenvalue weighted by atomic mass is 31.2. The summed E-state index contributed by atoms with van der Waals surface area (Å²) in [6.07, 6.45) is -12.7. The average Bonchev–Trinajstić information content (AvgIpc) is 2.67. The molecule has 35 heavy (non-hydrogen) atoms. The summed E-state index contributed by atoms with van der Waals surface area (Å²) in [5.74, 6) is -5.36. The third-order valence-corrected chi connectivity index (χ3v) is 5.69. The molecule has 0 aromatic rings. The Kier molecular flexibility index (Phi) is 11.0. The molecular weight excluding hydrogens is 518 g/mol. The Labute approximate surface area is 201 Å². The van der Waals surface area contributed by atoms with Gasteiger partial charge in [-0.25, -0.2) is 9.13 Å². The number of rotatable bonds is 10. The number of ether oxygens (including phenoxy) is 3. The minimum Gasteiger partial charge on any atom is -0.455 e. The summed E-state index contributed by atoms with van der Waals surface area (Å²) in [5.41, 5.74) is 0. The fraction of sp³-hybridized carbons (Fsp3) is 0.833. The zero-order valence-corrected chi connectivity index (χ0v) is 21.7. The maximum Gasteiger partial charge on any atom is 0.470 e. The van der Waals surface area contributed by atoms with Crippen molar-refractivity contribution in [2.75, 3.05) is 0 Å². The van der Waals surface area contributed by atoms with Gasteiger partial charge in [0.05, 0.1) is 17.8 Å². The highest BCUT2D eigenvalue weighted by molar-refractivity contribution is 7.46. The molecule has 0 bridgehead atoms. The van der Waals surface area contributed by atoms with Crippen molar-refractivity contribution in [3.8, 4) is 0 Å². The molecule has 17 heteroatoms. The van der Waals surface area contributed by atoms with E-state index in [0.717, 1.165) is 0 Å². The van der Waals surface area contributed by atoms with Crippen LogP contribution >= 0.6 is 15.6 Å². The second-order valence-corrected chi connectivity index (χ2v) is 11.2. The topological polar surface area (TPSA) is 233 Å². The number of aliphatic hydroxyl groups is 1. The number of hydrogen-bond donors (Lipinski definition) is 5. The third-order valence-electron chi connectivity index (χ3n) is 4.66. The van der Waals surface area contributed by atoms with Crippen LogP contribution in [0.3, 0.4) is 0 Å². The zero-order chi connectivity index (χ0) is 27.5. The second-order valence-electron chi connectivity index (χ2n) is 8.78. The fourth-order valence-corrected chi connectivity index (χ4v) is 4.03. The maximum absolute atomic E-state index is 12.5. The van der Waals surface area contributed by atoms with Crippen molar-refractivity contribution < 1.29 is 71.5 Å². The predicted octanol–water partition coefficient (Wildman–Crippen LogP) is 0.0201. The van der Waals surface area contributed by atoms with Gasteiger partial charge in [-0.3, -0.25) is 23.4 Å². The van der Waals surface area contributed by atoms with Crippen molar-refractivity contribution in [3.63, 3.8) is 0 Å². The molecule has 1 saturated carbocycles. The molecule has 1 fully saturated rings. The SMILES string of the molecule is CC(C)C(=O)O[C@@H]1[C@@H](OC(=O)C(C)C)[C@H](OP(=O)(O)O)[C@@H](O)[C@@H](OP(=O)(O)O)[C@H]1OC(=O)C(C)C. The molecule has 0 spiro atoms. The summed E-state index contributed by atoms with van der Waals surface area (Å²) < 4.78 is 48.2. The summed E-state index contributed by atoms with van der Waals surface area (Å²) in [7, 11) is -10.9. The van der Waals surface area contributed by atoms with Crippen LogP contribution in [0.5, 0.6) is 0 Å². The van der Waals surface area contributed by atoms with Gasteiger partial charge in [-0.05, 0) is 0 Å². The number of hydrogen-bond acceptors (Lipinski definition) is 11. The quantitative estimate of drug-likeness (QED) is 0.137. The van der Waals surface area contributed by atoms with Crippen molar-refractivity contribution in [1.82, 2.24) is 0 Å². The van der Waals surface area contributed by atoms with Crippen molar-refractivity contribution >= 4 is 33.6 Å². The maximum atomic E-state index is 12.5. The monoisotopic (exact) mass is 550 g/mol. The van der Waals surface area contributed by atoms with Crippen molar-refractivity contribution in [2.24, 2.45) is 17.8 Å².